The van der Waals surface area contributed by atoms with Crippen molar-refractivity contribution in [1.29, 1.82) is 0 Å². The molecule has 1 aliphatic heterocycles. The molecule has 0 aromatic heterocycles. The molecule has 1 heterocycles. The molecule has 0 bridgehead atoms. The average molecular weight is 417 g/mol. The molecule has 5 heteroatoms. The summed E-state index contributed by atoms with van der Waals surface area (Å²) < 4.78 is 1.01. The molecule has 2 aromatic carbocycles. The van der Waals surface area contributed by atoms with Crippen molar-refractivity contribution in [2.24, 2.45) is 0 Å². The Morgan fingerprint density at radius 1 is 1.23 bits per heavy atom. The summed E-state index contributed by atoms with van der Waals surface area (Å²) in [5, 5.41) is 9.82. The van der Waals surface area contributed by atoms with Gasteiger partial charge < -0.3 is 10.0 Å². The van der Waals surface area contributed by atoms with E-state index in [9.17, 15) is 9.90 Å². The fourth-order valence-electron chi connectivity index (χ4n) is 3.42. The molecule has 1 aliphatic rings. The predicted octanol–water partition coefficient (Wildman–Crippen LogP) is 3.26. The number of halogens is 1. The highest BCUT2D eigenvalue weighted by molar-refractivity contribution is 9.10. The van der Waals surface area contributed by atoms with E-state index in [4.69, 9.17) is 0 Å². The zero-order valence-corrected chi connectivity index (χ0v) is 16.6. The van der Waals surface area contributed by atoms with Crippen molar-refractivity contribution in [2.75, 3.05) is 26.7 Å². The van der Waals surface area contributed by atoms with E-state index in [2.05, 4.69) is 33.0 Å². The predicted molar refractivity (Wildman–Crippen MR) is 107 cm³/mol. The van der Waals surface area contributed by atoms with Gasteiger partial charge in [0.1, 0.15) is 0 Å². The number of hydrogen-bond donors (Lipinski definition) is 1. The second-order valence-corrected chi connectivity index (χ2v) is 7.85. The van der Waals surface area contributed by atoms with Crippen LogP contribution in [0.4, 0.5) is 0 Å². The van der Waals surface area contributed by atoms with Crippen molar-refractivity contribution >= 4 is 21.8 Å². The molecular weight excluding hydrogens is 392 g/mol. The van der Waals surface area contributed by atoms with E-state index >= 15 is 0 Å². The lowest BCUT2D eigenvalue weighted by atomic mass is 10.0. The van der Waals surface area contributed by atoms with Gasteiger partial charge in [-0.1, -0.05) is 58.4 Å². The van der Waals surface area contributed by atoms with E-state index in [-0.39, 0.29) is 18.1 Å². The maximum absolute atomic E-state index is 12.9. The maximum Gasteiger partial charge on any atom is 0.227 e. The zero-order chi connectivity index (χ0) is 18.5. The molecule has 1 saturated heterocycles. The number of carbonyl (C=O) groups is 1. The molecule has 26 heavy (non-hydrogen) atoms. The summed E-state index contributed by atoms with van der Waals surface area (Å²) in [5.74, 6) is 0.0981. The van der Waals surface area contributed by atoms with Gasteiger partial charge in [-0.05, 0) is 29.7 Å². The van der Waals surface area contributed by atoms with Crippen LogP contribution in [0.15, 0.2) is 59.1 Å². The summed E-state index contributed by atoms with van der Waals surface area (Å²) in [4.78, 5) is 17.0. The van der Waals surface area contributed by atoms with Crippen molar-refractivity contribution < 1.29 is 9.90 Å². The van der Waals surface area contributed by atoms with Crippen LogP contribution in [-0.2, 0) is 11.2 Å². The minimum absolute atomic E-state index is 0.0237. The maximum atomic E-state index is 12.9. The van der Waals surface area contributed by atoms with Crippen LogP contribution in [0.5, 0.6) is 0 Å². The third-order valence-electron chi connectivity index (χ3n) is 4.99. The fraction of sp³-hybridized carbons (Fsp3) is 0.381. The summed E-state index contributed by atoms with van der Waals surface area (Å²) in [6.07, 6.45) is 0.934. The Bertz CT molecular complexity index is 721. The second-order valence-electron chi connectivity index (χ2n) is 6.94. The van der Waals surface area contributed by atoms with Crippen LogP contribution in [-0.4, -0.2) is 53.6 Å². The Morgan fingerprint density at radius 3 is 2.54 bits per heavy atom. The standard InChI is InChI=1S/C21H25BrN2O2/c1-23(21(26)13-16-7-9-18(22)10-8-16)20(17-5-3-2-4-6-17)15-24-12-11-19(25)14-24/h2-10,19-20,25H,11-15H2,1H3. The largest absolute Gasteiger partial charge is 0.392 e. The number of likely N-dealkylation sites (tertiary alicyclic amines) is 1. The van der Waals surface area contributed by atoms with E-state index in [1.807, 2.05) is 54.4 Å². The van der Waals surface area contributed by atoms with Gasteiger partial charge in [0.25, 0.3) is 0 Å². The molecule has 138 valence electrons. The van der Waals surface area contributed by atoms with E-state index in [0.717, 1.165) is 35.1 Å². The molecule has 1 N–H and O–H groups in total. The molecule has 3 rings (SSSR count). The number of aliphatic hydroxyl groups is 1. The number of amides is 1. The Hall–Kier alpha value is -1.69. The summed E-state index contributed by atoms with van der Waals surface area (Å²) in [6, 6.07) is 18.0. The number of hydrogen-bond acceptors (Lipinski definition) is 3. The minimum Gasteiger partial charge on any atom is -0.392 e. The van der Waals surface area contributed by atoms with Gasteiger partial charge in [-0.25, -0.2) is 0 Å². The van der Waals surface area contributed by atoms with Crippen molar-refractivity contribution in [3.63, 3.8) is 0 Å². The van der Waals surface area contributed by atoms with Gasteiger partial charge >= 0.3 is 0 Å². The molecular formula is C21H25BrN2O2. The van der Waals surface area contributed by atoms with Crippen LogP contribution in [0.2, 0.25) is 0 Å². The molecule has 0 spiro atoms. The normalized spacial score (nSPS) is 18.7. The zero-order valence-electron chi connectivity index (χ0n) is 15.0. The monoisotopic (exact) mass is 416 g/mol. The first kappa shape index (κ1) is 19.1. The first-order chi connectivity index (χ1) is 12.5. The number of β-amino-alcohol motifs (C(OH)–C–C–N with tert-alkyl or cyclic N) is 1. The Morgan fingerprint density at radius 2 is 1.92 bits per heavy atom. The Kier molecular flexibility index (Phi) is 6.46. The number of carbonyl (C=O) groups excluding carboxylic acids is 1. The molecule has 2 unspecified atom stereocenters. The van der Waals surface area contributed by atoms with Gasteiger partial charge in [-0.15, -0.1) is 0 Å². The Balaban J connectivity index is 1.74. The molecule has 2 atom stereocenters. The number of aliphatic hydroxyl groups excluding tert-OH is 1. The summed E-state index contributed by atoms with van der Waals surface area (Å²) in [7, 11) is 1.88. The van der Waals surface area contributed by atoms with Gasteiger partial charge in [-0.2, -0.15) is 0 Å². The van der Waals surface area contributed by atoms with Gasteiger partial charge in [0.05, 0.1) is 18.6 Å². The van der Waals surface area contributed by atoms with Gasteiger partial charge in [0, 0.05) is 31.2 Å². The van der Waals surface area contributed by atoms with Crippen LogP contribution in [0.3, 0.4) is 0 Å². The van der Waals surface area contributed by atoms with E-state index in [0.29, 0.717) is 13.0 Å². The number of rotatable bonds is 6. The minimum atomic E-state index is -0.254. The molecule has 2 aromatic rings. The fourth-order valence-corrected chi connectivity index (χ4v) is 3.69. The molecule has 1 amide bonds. The molecule has 0 saturated carbocycles. The Labute approximate surface area is 163 Å². The topological polar surface area (TPSA) is 43.8 Å². The SMILES string of the molecule is CN(C(=O)Cc1ccc(Br)cc1)C(CN1CCC(O)C1)c1ccccc1. The van der Waals surface area contributed by atoms with Crippen LogP contribution in [0, 0.1) is 0 Å². The first-order valence-electron chi connectivity index (χ1n) is 8.98. The highest BCUT2D eigenvalue weighted by atomic mass is 79.9. The van der Waals surface area contributed by atoms with Crippen LogP contribution in [0.1, 0.15) is 23.6 Å². The molecule has 0 aliphatic carbocycles. The number of likely N-dealkylation sites (N-methyl/N-ethyl adjacent to an activating group) is 1. The smallest absolute Gasteiger partial charge is 0.227 e. The second kappa shape index (κ2) is 8.80. The van der Waals surface area contributed by atoms with Gasteiger partial charge in [-0.3, -0.25) is 9.69 Å². The summed E-state index contributed by atoms with van der Waals surface area (Å²) in [6.45, 7) is 2.29. The number of nitrogens with zero attached hydrogens (tertiary/aromatic N) is 2. The van der Waals surface area contributed by atoms with Crippen molar-refractivity contribution in [3.8, 4) is 0 Å². The molecule has 1 fully saturated rings. The third-order valence-corrected chi connectivity index (χ3v) is 5.52. The first-order valence-corrected chi connectivity index (χ1v) is 9.77. The van der Waals surface area contributed by atoms with Crippen molar-refractivity contribution in [2.45, 2.75) is 25.0 Å². The molecule has 4 nitrogen and oxygen atoms in total. The third kappa shape index (κ3) is 4.93. The quantitative estimate of drug-likeness (QED) is 0.785. The lowest BCUT2D eigenvalue weighted by molar-refractivity contribution is -0.131. The van der Waals surface area contributed by atoms with E-state index in [1.54, 1.807) is 0 Å². The molecule has 0 radical (unpaired) electrons. The van der Waals surface area contributed by atoms with E-state index < -0.39 is 0 Å². The van der Waals surface area contributed by atoms with Crippen LogP contribution >= 0.6 is 15.9 Å². The summed E-state index contributed by atoms with van der Waals surface area (Å²) >= 11 is 3.43. The van der Waals surface area contributed by atoms with Crippen molar-refractivity contribution in [1.82, 2.24) is 9.80 Å². The van der Waals surface area contributed by atoms with Crippen LogP contribution < -0.4 is 0 Å². The number of benzene rings is 2. The van der Waals surface area contributed by atoms with Gasteiger partial charge in [0.15, 0.2) is 0 Å². The highest BCUT2D eigenvalue weighted by Gasteiger charge is 2.28. The lowest BCUT2D eigenvalue weighted by Crippen LogP contribution is -2.39. The average Bonchev–Trinajstić information content (AvgIpc) is 3.07. The summed E-state index contributed by atoms with van der Waals surface area (Å²) in [5.41, 5.74) is 2.13. The van der Waals surface area contributed by atoms with Gasteiger partial charge in [0.2, 0.25) is 5.91 Å². The van der Waals surface area contributed by atoms with Crippen LogP contribution in [0.25, 0.3) is 0 Å². The van der Waals surface area contributed by atoms with Crippen molar-refractivity contribution in [3.05, 3.63) is 70.2 Å². The lowest BCUT2D eigenvalue weighted by Gasteiger charge is -2.32. The van der Waals surface area contributed by atoms with E-state index in [1.165, 1.54) is 0 Å². The highest BCUT2D eigenvalue weighted by Crippen LogP contribution is 2.24.